The smallest absolute Gasteiger partial charge is 0.0991 e. The fourth-order valence-corrected chi connectivity index (χ4v) is 2.22. The molecule has 0 spiro atoms. The van der Waals surface area contributed by atoms with Crippen molar-refractivity contribution in [3.05, 3.63) is 62.7 Å². The van der Waals surface area contributed by atoms with Crippen molar-refractivity contribution in [2.45, 2.75) is 13.5 Å². The third-order valence-corrected chi connectivity index (χ3v) is 3.41. The van der Waals surface area contributed by atoms with Crippen LogP contribution in [0, 0.1) is 21.8 Å². The van der Waals surface area contributed by atoms with E-state index in [4.69, 9.17) is 5.26 Å². The molecule has 0 atom stereocenters. The van der Waals surface area contributed by atoms with Crippen LogP contribution in [0.5, 0.6) is 0 Å². The number of nitrogens with zero attached hydrogens (tertiary/aromatic N) is 1. The van der Waals surface area contributed by atoms with Crippen LogP contribution in [0.2, 0.25) is 0 Å². The quantitative estimate of drug-likeness (QED) is 0.849. The summed E-state index contributed by atoms with van der Waals surface area (Å²) in [5.74, 6) is 0. The van der Waals surface area contributed by atoms with Crippen molar-refractivity contribution in [1.82, 2.24) is 0 Å². The maximum atomic E-state index is 8.86. The van der Waals surface area contributed by atoms with E-state index < -0.39 is 0 Å². The van der Waals surface area contributed by atoms with Gasteiger partial charge in [-0.2, -0.15) is 5.26 Å². The van der Waals surface area contributed by atoms with Crippen molar-refractivity contribution in [3.63, 3.8) is 0 Å². The molecule has 2 nitrogen and oxygen atoms in total. The molecule has 2 aromatic carbocycles. The second-order valence-electron chi connectivity index (χ2n) is 4.12. The highest BCUT2D eigenvalue weighted by molar-refractivity contribution is 14.1. The molecule has 0 fully saturated rings. The number of hydrogen-bond acceptors (Lipinski definition) is 2. The minimum Gasteiger partial charge on any atom is -0.381 e. The molecular formula is C15H13IN2. The van der Waals surface area contributed by atoms with Gasteiger partial charge in [0, 0.05) is 15.8 Å². The van der Waals surface area contributed by atoms with Gasteiger partial charge in [0.15, 0.2) is 0 Å². The largest absolute Gasteiger partial charge is 0.381 e. The lowest BCUT2D eigenvalue weighted by Gasteiger charge is -2.10. The number of nitrogens with one attached hydrogen (secondary N) is 1. The molecule has 0 aliphatic carbocycles. The number of anilines is 1. The van der Waals surface area contributed by atoms with Crippen LogP contribution < -0.4 is 5.32 Å². The first-order valence-electron chi connectivity index (χ1n) is 5.68. The van der Waals surface area contributed by atoms with Gasteiger partial charge in [-0.05, 0) is 64.9 Å². The first kappa shape index (κ1) is 12.9. The average molecular weight is 348 g/mol. The Morgan fingerprint density at radius 2 is 2.06 bits per heavy atom. The molecule has 90 valence electrons. The van der Waals surface area contributed by atoms with E-state index in [0.717, 1.165) is 17.8 Å². The number of aryl methyl sites for hydroxylation is 1. The number of nitriles is 1. The number of hydrogen-bond donors (Lipinski definition) is 1. The van der Waals surface area contributed by atoms with Crippen LogP contribution in [0.4, 0.5) is 5.69 Å². The summed E-state index contributed by atoms with van der Waals surface area (Å²) in [4.78, 5) is 0. The molecule has 0 heterocycles. The lowest BCUT2D eigenvalue weighted by Crippen LogP contribution is -2.01. The van der Waals surface area contributed by atoms with Crippen molar-refractivity contribution in [2.24, 2.45) is 0 Å². The van der Waals surface area contributed by atoms with Gasteiger partial charge in [-0.1, -0.05) is 18.2 Å². The number of benzene rings is 2. The Balaban J connectivity index is 2.11. The molecular weight excluding hydrogens is 335 g/mol. The zero-order valence-corrected chi connectivity index (χ0v) is 12.2. The Hall–Kier alpha value is -1.54. The minimum absolute atomic E-state index is 0.702. The molecule has 1 N–H and O–H groups in total. The van der Waals surface area contributed by atoms with Gasteiger partial charge in [0.2, 0.25) is 0 Å². The third-order valence-electron chi connectivity index (χ3n) is 2.74. The van der Waals surface area contributed by atoms with Crippen molar-refractivity contribution in [3.8, 4) is 6.07 Å². The van der Waals surface area contributed by atoms with E-state index in [1.807, 2.05) is 24.3 Å². The molecule has 0 unspecified atom stereocenters. The van der Waals surface area contributed by atoms with E-state index in [0.29, 0.717) is 5.56 Å². The molecule has 0 amide bonds. The Morgan fingerprint density at radius 3 is 2.83 bits per heavy atom. The van der Waals surface area contributed by atoms with E-state index >= 15 is 0 Å². The van der Waals surface area contributed by atoms with Gasteiger partial charge in [-0.15, -0.1) is 0 Å². The summed E-state index contributed by atoms with van der Waals surface area (Å²) in [6, 6.07) is 16.2. The van der Waals surface area contributed by atoms with Gasteiger partial charge < -0.3 is 5.32 Å². The van der Waals surface area contributed by atoms with Crippen LogP contribution in [-0.4, -0.2) is 0 Å². The molecule has 2 rings (SSSR count). The summed E-state index contributed by atoms with van der Waals surface area (Å²) in [6.07, 6.45) is 0. The second-order valence-corrected chi connectivity index (χ2v) is 5.37. The highest BCUT2D eigenvalue weighted by Gasteiger charge is 2.00. The van der Waals surface area contributed by atoms with Crippen LogP contribution in [0.15, 0.2) is 42.5 Å². The Bertz CT molecular complexity index is 600. The summed E-state index contributed by atoms with van der Waals surface area (Å²) >= 11 is 2.30. The van der Waals surface area contributed by atoms with E-state index in [1.54, 1.807) is 0 Å². The zero-order valence-electron chi connectivity index (χ0n) is 10.1. The SMILES string of the molecule is Cc1ccc(I)cc1NCc1cccc(C#N)c1. The van der Waals surface area contributed by atoms with Gasteiger partial charge in [0.05, 0.1) is 11.6 Å². The van der Waals surface area contributed by atoms with E-state index in [1.165, 1.54) is 9.13 Å². The lowest BCUT2D eigenvalue weighted by molar-refractivity contribution is 1.14. The Labute approximate surface area is 121 Å². The van der Waals surface area contributed by atoms with Gasteiger partial charge in [-0.25, -0.2) is 0 Å². The Kier molecular flexibility index (Phi) is 4.21. The van der Waals surface area contributed by atoms with Crippen LogP contribution in [0.1, 0.15) is 16.7 Å². The van der Waals surface area contributed by atoms with Crippen LogP contribution >= 0.6 is 22.6 Å². The van der Waals surface area contributed by atoms with Crippen LogP contribution in [-0.2, 0) is 6.54 Å². The first-order valence-corrected chi connectivity index (χ1v) is 6.76. The molecule has 0 aliphatic heterocycles. The summed E-state index contributed by atoms with van der Waals surface area (Å²) in [7, 11) is 0. The van der Waals surface area contributed by atoms with Gasteiger partial charge >= 0.3 is 0 Å². The summed E-state index contributed by atoms with van der Waals surface area (Å²) < 4.78 is 1.21. The van der Waals surface area contributed by atoms with Gasteiger partial charge in [0.25, 0.3) is 0 Å². The molecule has 0 saturated heterocycles. The zero-order chi connectivity index (χ0) is 13.0. The van der Waals surface area contributed by atoms with Crippen LogP contribution in [0.25, 0.3) is 0 Å². The van der Waals surface area contributed by atoms with E-state index in [9.17, 15) is 0 Å². The first-order chi connectivity index (χ1) is 8.69. The lowest BCUT2D eigenvalue weighted by atomic mass is 10.1. The normalized spacial score (nSPS) is 9.83. The topological polar surface area (TPSA) is 35.8 Å². The highest BCUT2D eigenvalue weighted by atomic mass is 127. The van der Waals surface area contributed by atoms with E-state index in [-0.39, 0.29) is 0 Å². The summed E-state index contributed by atoms with van der Waals surface area (Å²) in [5.41, 5.74) is 4.19. The predicted octanol–water partition coefficient (Wildman–Crippen LogP) is 4.08. The number of rotatable bonds is 3. The number of halogens is 1. The van der Waals surface area contributed by atoms with Gasteiger partial charge in [-0.3, -0.25) is 0 Å². The standard InChI is InChI=1S/C15H13IN2/c1-11-5-6-14(16)8-15(11)18-10-13-4-2-3-12(7-13)9-17/h2-8,18H,10H2,1H3. The average Bonchev–Trinajstić information content (AvgIpc) is 2.40. The summed E-state index contributed by atoms with van der Waals surface area (Å²) in [6.45, 7) is 2.82. The minimum atomic E-state index is 0.702. The van der Waals surface area contributed by atoms with E-state index in [2.05, 4.69) is 59.1 Å². The monoisotopic (exact) mass is 348 g/mol. The highest BCUT2D eigenvalue weighted by Crippen LogP contribution is 2.19. The summed E-state index contributed by atoms with van der Waals surface area (Å²) in [5, 5.41) is 12.3. The second kappa shape index (κ2) is 5.87. The van der Waals surface area contributed by atoms with Crippen molar-refractivity contribution < 1.29 is 0 Å². The maximum absolute atomic E-state index is 8.86. The molecule has 18 heavy (non-hydrogen) atoms. The van der Waals surface area contributed by atoms with Crippen LogP contribution in [0.3, 0.4) is 0 Å². The molecule has 0 radical (unpaired) electrons. The predicted molar refractivity (Wildman–Crippen MR) is 82.4 cm³/mol. The molecule has 0 aliphatic rings. The Morgan fingerprint density at radius 1 is 1.22 bits per heavy atom. The molecule has 0 aromatic heterocycles. The fourth-order valence-electron chi connectivity index (χ4n) is 1.73. The maximum Gasteiger partial charge on any atom is 0.0991 e. The van der Waals surface area contributed by atoms with Gasteiger partial charge in [0.1, 0.15) is 0 Å². The molecule has 0 saturated carbocycles. The van der Waals surface area contributed by atoms with Crippen molar-refractivity contribution in [2.75, 3.05) is 5.32 Å². The third kappa shape index (κ3) is 3.23. The van der Waals surface area contributed by atoms with Crippen molar-refractivity contribution >= 4 is 28.3 Å². The molecule has 2 aromatic rings. The molecule has 0 bridgehead atoms. The molecule has 3 heteroatoms. The fraction of sp³-hybridized carbons (Fsp3) is 0.133. The van der Waals surface area contributed by atoms with Crippen molar-refractivity contribution in [1.29, 1.82) is 5.26 Å².